The molecule has 1 fully saturated rings. The molecule has 2 unspecified atom stereocenters. The molecule has 0 saturated carbocycles. The van der Waals surface area contributed by atoms with Crippen LogP contribution >= 0.6 is 0 Å². The van der Waals surface area contributed by atoms with E-state index in [4.69, 9.17) is 15.2 Å². The van der Waals surface area contributed by atoms with Crippen LogP contribution in [-0.4, -0.2) is 58.3 Å². The van der Waals surface area contributed by atoms with Crippen molar-refractivity contribution in [1.82, 2.24) is 4.90 Å². The molecule has 2 rings (SSSR count). The Morgan fingerprint density at radius 3 is 2.58 bits per heavy atom. The van der Waals surface area contributed by atoms with Gasteiger partial charge >= 0.3 is 0 Å². The zero-order valence-corrected chi connectivity index (χ0v) is 16.4. The summed E-state index contributed by atoms with van der Waals surface area (Å²) in [5.41, 5.74) is 5.79. The van der Waals surface area contributed by atoms with Crippen LogP contribution in [0.25, 0.3) is 0 Å². The van der Waals surface area contributed by atoms with Gasteiger partial charge in [0.2, 0.25) is 5.91 Å². The Kier molecular flexibility index (Phi) is 6.88. The van der Waals surface area contributed by atoms with Gasteiger partial charge in [0.25, 0.3) is 0 Å². The van der Waals surface area contributed by atoms with Gasteiger partial charge in [0.15, 0.2) is 21.3 Å². The van der Waals surface area contributed by atoms with Crippen LogP contribution in [0.3, 0.4) is 0 Å². The minimum Gasteiger partial charge on any atom is -0.493 e. The van der Waals surface area contributed by atoms with Crippen molar-refractivity contribution < 1.29 is 22.7 Å². The fraction of sp³-hybridized carbons (Fsp3) is 0.611. The first-order valence-electron chi connectivity index (χ1n) is 8.76. The Morgan fingerprint density at radius 1 is 1.27 bits per heavy atom. The summed E-state index contributed by atoms with van der Waals surface area (Å²) in [4.78, 5) is 14.4. The zero-order valence-electron chi connectivity index (χ0n) is 15.6. The largest absolute Gasteiger partial charge is 0.493 e. The molecule has 2 N–H and O–H groups in total. The molecular formula is C18H28N2O5S. The van der Waals surface area contributed by atoms with Crippen molar-refractivity contribution >= 4 is 15.7 Å². The average molecular weight is 384 g/mol. The first kappa shape index (κ1) is 20.5. The van der Waals surface area contributed by atoms with E-state index < -0.39 is 9.84 Å². The molecule has 0 bridgehead atoms. The maximum Gasteiger partial charge on any atom is 0.223 e. The van der Waals surface area contributed by atoms with Crippen LogP contribution < -0.4 is 15.2 Å². The van der Waals surface area contributed by atoms with Crippen LogP contribution in [0.2, 0.25) is 0 Å². The van der Waals surface area contributed by atoms with Crippen LogP contribution in [0.1, 0.15) is 26.2 Å². The van der Waals surface area contributed by atoms with E-state index in [0.717, 1.165) is 12.8 Å². The van der Waals surface area contributed by atoms with Crippen molar-refractivity contribution in [3.8, 4) is 11.5 Å². The Balaban J connectivity index is 2.06. The molecule has 2 atom stereocenters. The normalized spacial score (nSPS) is 20.7. The first-order valence-corrected chi connectivity index (χ1v) is 10.4. The predicted molar refractivity (Wildman–Crippen MR) is 99.2 cm³/mol. The first-order chi connectivity index (χ1) is 12.3. The minimum absolute atomic E-state index is 0.00460. The van der Waals surface area contributed by atoms with Gasteiger partial charge < -0.3 is 20.1 Å². The molecule has 26 heavy (non-hydrogen) atoms. The predicted octanol–water partition coefficient (Wildman–Crippen LogP) is 1.45. The summed E-state index contributed by atoms with van der Waals surface area (Å²) < 4.78 is 35.5. The molecule has 146 valence electrons. The summed E-state index contributed by atoms with van der Waals surface area (Å²) in [6.45, 7) is 3.18. The second-order valence-electron chi connectivity index (χ2n) is 6.69. The molecule has 1 aromatic carbocycles. The average Bonchev–Trinajstić information content (AvgIpc) is 2.65. The van der Waals surface area contributed by atoms with E-state index in [9.17, 15) is 13.2 Å². The lowest BCUT2D eigenvalue weighted by Crippen LogP contribution is -2.49. The van der Waals surface area contributed by atoms with Crippen LogP contribution in [0.5, 0.6) is 11.5 Å². The number of sulfone groups is 1. The quantitative estimate of drug-likeness (QED) is 0.764. The van der Waals surface area contributed by atoms with E-state index >= 15 is 0 Å². The van der Waals surface area contributed by atoms with E-state index in [1.165, 1.54) is 26.4 Å². The Labute approximate surface area is 155 Å². The van der Waals surface area contributed by atoms with E-state index in [0.29, 0.717) is 30.5 Å². The summed E-state index contributed by atoms with van der Waals surface area (Å²) in [7, 11) is -0.670. The maximum absolute atomic E-state index is 12.6. The smallest absolute Gasteiger partial charge is 0.223 e. The second-order valence-corrected chi connectivity index (χ2v) is 8.80. The highest BCUT2D eigenvalue weighted by atomic mass is 32.2. The lowest BCUT2D eigenvalue weighted by molar-refractivity contribution is -0.134. The number of ether oxygens (including phenoxy) is 2. The summed E-state index contributed by atoms with van der Waals surface area (Å²) in [6, 6.07) is 4.43. The molecule has 1 aliphatic heterocycles. The molecular weight excluding hydrogens is 356 g/mol. The van der Waals surface area contributed by atoms with Gasteiger partial charge in [-0.25, -0.2) is 8.42 Å². The van der Waals surface area contributed by atoms with Gasteiger partial charge in [-0.15, -0.1) is 0 Å². The Hall–Kier alpha value is -1.80. The topological polar surface area (TPSA) is 98.9 Å². The maximum atomic E-state index is 12.6. The Morgan fingerprint density at radius 2 is 1.96 bits per heavy atom. The van der Waals surface area contributed by atoms with Crippen molar-refractivity contribution in [2.24, 2.45) is 11.7 Å². The number of piperidine rings is 1. The van der Waals surface area contributed by atoms with Gasteiger partial charge in [0.05, 0.1) is 24.9 Å². The molecule has 8 heteroatoms. The third-order valence-corrected chi connectivity index (χ3v) is 6.58. The molecule has 7 nitrogen and oxygen atoms in total. The van der Waals surface area contributed by atoms with Crippen molar-refractivity contribution in [1.29, 1.82) is 0 Å². The van der Waals surface area contributed by atoms with Crippen molar-refractivity contribution in [3.63, 3.8) is 0 Å². The lowest BCUT2D eigenvalue weighted by Gasteiger charge is -2.38. The van der Waals surface area contributed by atoms with E-state index in [1.807, 2.05) is 0 Å². The number of likely N-dealkylation sites (tertiary alicyclic amines) is 1. The molecule has 1 heterocycles. The molecule has 0 radical (unpaired) electrons. The highest BCUT2D eigenvalue weighted by Gasteiger charge is 2.29. The number of nitrogens with two attached hydrogens (primary N) is 1. The number of hydrogen-bond donors (Lipinski definition) is 1. The Bertz CT molecular complexity index is 735. The summed E-state index contributed by atoms with van der Waals surface area (Å²) in [5.74, 6) is 0.924. The van der Waals surface area contributed by atoms with Crippen molar-refractivity contribution in [2.45, 2.75) is 37.1 Å². The van der Waals surface area contributed by atoms with Gasteiger partial charge in [-0.3, -0.25) is 4.79 Å². The molecule has 1 amide bonds. The van der Waals surface area contributed by atoms with Gasteiger partial charge in [-0.2, -0.15) is 0 Å². The van der Waals surface area contributed by atoms with Gasteiger partial charge in [-0.1, -0.05) is 6.92 Å². The second kappa shape index (κ2) is 8.73. The number of amides is 1. The van der Waals surface area contributed by atoms with Crippen molar-refractivity contribution in [3.05, 3.63) is 18.2 Å². The third kappa shape index (κ3) is 4.67. The highest BCUT2D eigenvalue weighted by Crippen LogP contribution is 2.30. The summed E-state index contributed by atoms with van der Waals surface area (Å²) >= 11 is 0. The lowest BCUT2D eigenvalue weighted by atomic mass is 9.92. The molecule has 1 aliphatic rings. The van der Waals surface area contributed by atoms with Gasteiger partial charge in [0, 0.05) is 31.6 Å². The number of benzene rings is 1. The zero-order chi connectivity index (χ0) is 19.3. The monoisotopic (exact) mass is 384 g/mol. The molecule has 1 saturated heterocycles. The van der Waals surface area contributed by atoms with Gasteiger partial charge in [0.1, 0.15) is 0 Å². The molecule has 0 aliphatic carbocycles. The van der Waals surface area contributed by atoms with Gasteiger partial charge in [-0.05, 0) is 30.9 Å². The molecule has 0 spiro atoms. The third-order valence-electron chi connectivity index (χ3n) is 4.87. The van der Waals surface area contributed by atoms with Crippen LogP contribution in [0.15, 0.2) is 23.1 Å². The van der Waals surface area contributed by atoms with Crippen LogP contribution in [-0.2, 0) is 14.6 Å². The number of methoxy groups -OCH3 is 2. The standard InChI is InChI=1S/C18H28N2O5S/c1-13-6-8-20(14(10-13)12-19)18(21)7-9-26(22,23)15-4-5-16(24-2)17(11-15)25-3/h4-5,11,13-14H,6-10,12,19H2,1-3H3. The van der Waals surface area contributed by atoms with Crippen LogP contribution in [0.4, 0.5) is 0 Å². The number of carbonyl (C=O) groups excluding carboxylic acids is 1. The fourth-order valence-electron chi connectivity index (χ4n) is 3.30. The van der Waals surface area contributed by atoms with E-state index in [-0.39, 0.29) is 29.0 Å². The van der Waals surface area contributed by atoms with Crippen molar-refractivity contribution in [2.75, 3.05) is 33.1 Å². The SMILES string of the molecule is COc1ccc(S(=O)(=O)CCC(=O)N2CCC(C)CC2CN)cc1OC. The number of hydrogen-bond acceptors (Lipinski definition) is 6. The minimum atomic E-state index is -3.60. The number of carbonyl (C=O) groups is 1. The summed E-state index contributed by atoms with van der Waals surface area (Å²) in [6.07, 6.45) is 1.73. The van der Waals surface area contributed by atoms with E-state index in [1.54, 1.807) is 11.0 Å². The molecule has 1 aromatic rings. The number of nitrogens with zero attached hydrogens (tertiary/aromatic N) is 1. The van der Waals surface area contributed by atoms with E-state index in [2.05, 4.69) is 6.92 Å². The fourth-order valence-corrected chi connectivity index (χ4v) is 4.54. The number of rotatable bonds is 7. The summed E-state index contributed by atoms with van der Waals surface area (Å²) in [5, 5.41) is 0. The highest BCUT2D eigenvalue weighted by molar-refractivity contribution is 7.91. The van der Waals surface area contributed by atoms with Crippen LogP contribution in [0, 0.1) is 5.92 Å². The molecule has 0 aromatic heterocycles.